The highest BCUT2D eigenvalue weighted by Gasteiger charge is 2.43. The van der Waals surface area contributed by atoms with Gasteiger partial charge in [-0.2, -0.15) is 0 Å². The summed E-state index contributed by atoms with van der Waals surface area (Å²) in [5.74, 6) is 0.942. The van der Waals surface area contributed by atoms with Gasteiger partial charge in [0.05, 0.1) is 17.8 Å². The Balaban J connectivity index is 1.56. The average molecular weight is 319 g/mol. The number of aliphatic hydroxyl groups excluding tert-OH is 1. The maximum Gasteiger partial charge on any atom is 0.120 e. The van der Waals surface area contributed by atoms with E-state index >= 15 is 0 Å². The Hall–Kier alpha value is -1.10. The molecular formula is C19H29NO3. The van der Waals surface area contributed by atoms with Gasteiger partial charge >= 0.3 is 0 Å². The second kappa shape index (κ2) is 7.20. The molecule has 1 atom stereocenters. The Labute approximate surface area is 139 Å². The van der Waals surface area contributed by atoms with Crippen LogP contribution in [0.2, 0.25) is 0 Å². The van der Waals surface area contributed by atoms with Crippen LogP contribution in [0, 0.1) is 0 Å². The average Bonchev–Trinajstić information content (AvgIpc) is 2.52. The van der Waals surface area contributed by atoms with Crippen LogP contribution in [0.4, 0.5) is 0 Å². The SMILES string of the molecule is CC(C)Oc1cccc(CN2CCC3(CC2)OCCCC3O)c1. The number of hydrogen-bond acceptors (Lipinski definition) is 4. The van der Waals surface area contributed by atoms with E-state index in [1.807, 2.05) is 19.9 Å². The van der Waals surface area contributed by atoms with Gasteiger partial charge in [-0.25, -0.2) is 0 Å². The molecule has 0 aromatic heterocycles. The molecule has 2 aliphatic rings. The fourth-order valence-electron chi connectivity index (χ4n) is 3.73. The number of hydrogen-bond donors (Lipinski definition) is 1. The van der Waals surface area contributed by atoms with Gasteiger partial charge in [0.15, 0.2) is 0 Å². The van der Waals surface area contributed by atoms with Crippen molar-refractivity contribution in [1.29, 1.82) is 0 Å². The van der Waals surface area contributed by atoms with Crippen LogP contribution in [0.3, 0.4) is 0 Å². The maximum absolute atomic E-state index is 10.3. The molecule has 2 heterocycles. The molecule has 3 rings (SSSR count). The van der Waals surface area contributed by atoms with E-state index in [2.05, 4.69) is 23.1 Å². The summed E-state index contributed by atoms with van der Waals surface area (Å²) >= 11 is 0. The van der Waals surface area contributed by atoms with Gasteiger partial charge in [0.2, 0.25) is 0 Å². The zero-order valence-electron chi connectivity index (χ0n) is 14.3. The fraction of sp³-hybridized carbons (Fsp3) is 0.684. The third-order valence-corrected chi connectivity index (χ3v) is 5.00. The zero-order valence-corrected chi connectivity index (χ0v) is 14.3. The Morgan fingerprint density at radius 1 is 1.35 bits per heavy atom. The van der Waals surface area contributed by atoms with Crippen molar-refractivity contribution in [1.82, 2.24) is 4.90 Å². The van der Waals surface area contributed by atoms with Gasteiger partial charge in [0, 0.05) is 26.2 Å². The van der Waals surface area contributed by atoms with Crippen molar-refractivity contribution < 1.29 is 14.6 Å². The van der Waals surface area contributed by atoms with Crippen molar-refractivity contribution >= 4 is 0 Å². The minimum absolute atomic E-state index is 0.199. The van der Waals surface area contributed by atoms with E-state index in [-0.39, 0.29) is 17.8 Å². The van der Waals surface area contributed by atoms with Gasteiger partial charge in [0.25, 0.3) is 0 Å². The van der Waals surface area contributed by atoms with Crippen LogP contribution in [0.5, 0.6) is 5.75 Å². The van der Waals surface area contributed by atoms with Gasteiger partial charge in [-0.1, -0.05) is 12.1 Å². The number of benzene rings is 1. The lowest BCUT2D eigenvalue weighted by atomic mass is 9.82. The second-order valence-corrected chi connectivity index (χ2v) is 7.16. The third-order valence-electron chi connectivity index (χ3n) is 5.00. The molecule has 0 aliphatic carbocycles. The van der Waals surface area contributed by atoms with Crippen molar-refractivity contribution in [3.05, 3.63) is 29.8 Å². The first kappa shape index (κ1) is 16.7. The monoisotopic (exact) mass is 319 g/mol. The van der Waals surface area contributed by atoms with E-state index in [1.54, 1.807) is 0 Å². The first-order valence-corrected chi connectivity index (χ1v) is 8.87. The topological polar surface area (TPSA) is 41.9 Å². The third kappa shape index (κ3) is 4.06. The number of aliphatic hydroxyl groups is 1. The molecule has 0 radical (unpaired) electrons. The molecule has 1 aromatic carbocycles. The standard InChI is InChI=1S/C19H29NO3/c1-15(2)23-17-6-3-5-16(13-17)14-20-10-8-19(9-11-20)18(21)7-4-12-22-19/h3,5-6,13,15,18,21H,4,7-12,14H2,1-2H3. The maximum atomic E-state index is 10.3. The molecule has 4 nitrogen and oxygen atoms in total. The second-order valence-electron chi connectivity index (χ2n) is 7.16. The lowest BCUT2D eigenvalue weighted by Gasteiger charge is -2.46. The van der Waals surface area contributed by atoms with E-state index in [4.69, 9.17) is 9.47 Å². The minimum atomic E-state index is -0.291. The van der Waals surface area contributed by atoms with Crippen LogP contribution in [0.25, 0.3) is 0 Å². The summed E-state index contributed by atoms with van der Waals surface area (Å²) in [6.45, 7) is 7.78. The molecule has 1 spiro atoms. The summed E-state index contributed by atoms with van der Waals surface area (Å²) in [6.07, 6.45) is 3.63. The largest absolute Gasteiger partial charge is 0.491 e. The summed E-state index contributed by atoms with van der Waals surface area (Å²) in [5.41, 5.74) is 1.00. The molecule has 1 aromatic rings. The molecule has 0 saturated carbocycles. The number of piperidine rings is 1. The summed E-state index contributed by atoms with van der Waals surface area (Å²) in [5, 5.41) is 10.3. The lowest BCUT2D eigenvalue weighted by molar-refractivity contribution is -0.177. The molecule has 23 heavy (non-hydrogen) atoms. The highest BCUT2D eigenvalue weighted by molar-refractivity contribution is 5.28. The molecule has 1 unspecified atom stereocenters. The molecule has 0 amide bonds. The molecule has 2 aliphatic heterocycles. The van der Waals surface area contributed by atoms with Gasteiger partial charge < -0.3 is 14.6 Å². The molecular weight excluding hydrogens is 290 g/mol. The first-order valence-electron chi connectivity index (χ1n) is 8.87. The quantitative estimate of drug-likeness (QED) is 0.926. The Bertz CT molecular complexity index is 509. The van der Waals surface area contributed by atoms with E-state index in [0.29, 0.717) is 0 Å². The van der Waals surface area contributed by atoms with Crippen molar-refractivity contribution in [3.8, 4) is 5.75 Å². The Kier molecular flexibility index (Phi) is 5.24. The fourth-order valence-corrected chi connectivity index (χ4v) is 3.73. The lowest BCUT2D eigenvalue weighted by Crippen LogP contribution is -2.55. The molecule has 0 bridgehead atoms. The van der Waals surface area contributed by atoms with Gasteiger partial charge in [-0.05, 0) is 57.2 Å². The van der Waals surface area contributed by atoms with Crippen LogP contribution in [-0.2, 0) is 11.3 Å². The molecule has 128 valence electrons. The number of likely N-dealkylation sites (tertiary alicyclic amines) is 1. The predicted molar refractivity (Wildman–Crippen MR) is 90.6 cm³/mol. The van der Waals surface area contributed by atoms with E-state index in [9.17, 15) is 5.11 Å². The van der Waals surface area contributed by atoms with Crippen LogP contribution in [0.15, 0.2) is 24.3 Å². The van der Waals surface area contributed by atoms with Crippen molar-refractivity contribution in [2.75, 3.05) is 19.7 Å². The predicted octanol–water partition coefficient (Wildman–Crippen LogP) is 2.98. The molecule has 2 saturated heterocycles. The van der Waals surface area contributed by atoms with E-state index in [0.717, 1.165) is 57.7 Å². The van der Waals surface area contributed by atoms with Crippen LogP contribution in [0.1, 0.15) is 45.1 Å². The highest BCUT2D eigenvalue weighted by atomic mass is 16.5. The van der Waals surface area contributed by atoms with Gasteiger partial charge in [-0.15, -0.1) is 0 Å². The first-order chi connectivity index (χ1) is 11.1. The molecule has 2 fully saturated rings. The molecule has 4 heteroatoms. The smallest absolute Gasteiger partial charge is 0.120 e. The number of rotatable bonds is 4. The van der Waals surface area contributed by atoms with E-state index < -0.39 is 0 Å². The van der Waals surface area contributed by atoms with Gasteiger partial charge in [-0.3, -0.25) is 4.90 Å². The minimum Gasteiger partial charge on any atom is -0.491 e. The Morgan fingerprint density at radius 3 is 2.83 bits per heavy atom. The zero-order chi connectivity index (χ0) is 16.3. The van der Waals surface area contributed by atoms with Crippen molar-refractivity contribution in [2.24, 2.45) is 0 Å². The van der Waals surface area contributed by atoms with Crippen LogP contribution in [-0.4, -0.2) is 47.5 Å². The Morgan fingerprint density at radius 2 is 2.13 bits per heavy atom. The van der Waals surface area contributed by atoms with Crippen molar-refractivity contribution in [2.45, 2.75) is 63.9 Å². The normalized spacial score (nSPS) is 25.0. The number of ether oxygens (including phenoxy) is 2. The number of nitrogens with zero attached hydrogens (tertiary/aromatic N) is 1. The van der Waals surface area contributed by atoms with Gasteiger partial charge in [0.1, 0.15) is 5.75 Å². The van der Waals surface area contributed by atoms with Crippen LogP contribution < -0.4 is 4.74 Å². The summed E-state index contributed by atoms with van der Waals surface area (Å²) < 4.78 is 11.8. The molecule has 1 N–H and O–H groups in total. The van der Waals surface area contributed by atoms with Crippen molar-refractivity contribution in [3.63, 3.8) is 0 Å². The summed E-state index contributed by atoms with van der Waals surface area (Å²) in [6, 6.07) is 8.37. The van der Waals surface area contributed by atoms with Crippen LogP contribution >= 0.6 is 0 Å². The summed E-state index contributed by atoms with van der Waals surface area (Å²) in [4.78, 5) is 2.45. The van der Waals surface area contributed by atoms with E-state index in [1.165, 1.54) is 5.56 Å². The summed E-state index contributed by atoms with van der Waals surface area (Å²) in [7, 11) is 0. The highest BCUT2D eigenvalue weighted by Crippen LogP contribution is 2.35.